The molecule has 0 atom stereocenters. The third-order valence-electron chi connectivity index (χ3n) is 3.48. The van der Waals surface area contributed by atoms with Gasteiger partial charge in [0.2, 0.25) is 0 Å². The summed E-state index contributed by atoms with van der Waals surface area (Å²) in [7, 11) is 0. The second kappa shape index (κ2) is 5.49. The highest BCUT2D eigenvalue weighted by Gasteiger charge is 2.27. The number of rotatable bonds is 2. The molecular weight excluding hydrogens is 308 g/mol. The fraction of sp³-hybridized carbons (Fsp3) is 0.571. The van der Waals surface area contributed by atoms with Crippen LogP contribution in [0.3, 0.4) is 0 Å². The predicted octanol–water partition coefficient (Wildman–Crippen LogP) is 3.53. The van der Waals surface area contributed by atoms with Gasteiger partial charge < -0.3 is 9.64 Å². The van der Waals surface area contributed by atoms with Gasteiger partial charge in [-0.3, -0.25) is 4.98 Å². The van der Waals surface area contributed by atoms with Crippen molar-refractivity contribution in [3.8, 4) is 0 Å². The Balaban J connectivity index is 2.07. The number of pyridine rings is 1. The van der Waals surface area contributed by atoms with E-state index in [1.165, 1.54) is 0 Å². The fourth-order valence-corrected chi connectivity index (χ4v) is 2.30. The fourth-order valence-electron chi connectivity index (χ4n) is 1.93. The third-order valence-corrected chi connectivity index (χ3v) is 3.91. The van der Waals surface area contributed by atoms with Gasteiger partial charge in [0.15, 0.2) is 0 Å². The predicted molar refractivity (Wildman–Crippen MR) is 76.9 cm³/mol. The van der Waals surface area contributed by atoms with E-state index in [4.69, 9.17) is 4.74 Å². The van der Waals surface area contributed by atoms with Gasteiger partial charge in [-0.25, -0.2) is 4.79 Å². The largest absolute Gasteiger partial charge is 0.443 e. The molecule has 0 saturated carbocycles. The van der Waals surface area contributed by atoms with Gasteiger partial charge >= 0.3 is 6.09 Å². The first-order chi connectivity index (χ1) is 8.91. The van der Waals surface area contributed by atoms with Crippen LogP contribution in [0.2, 0.25) is 0 Å². The number of fused-ring (bicyclic) bond motifs is 1. The molecule has 2 heterocycles. The molecule has 1 amide bonds. The van der Waals surface area contributed by atoms with E-state index in [1.807, 2.05) is 26.8 Å². The molecule has 2 rings (SSSR count). The molecule has 0 saturated heterocycles. The summed E-state index contributed by atoms with van der Waals surface area (Å²) in [6.07, 6.45) is 3.14. The normalized spacial score (nSPS) is 15.1. The van der Waals surface area contributed by atoms with Crippen LogP contribution in [0.4, 0.5) is 4.79 Å². The number of carbonyl (C=O) groups is 1. The molecule has 0 bridgehead atoms. The number of aromatic nitrogens is 1. The molecule has 104 valence electrons. The van der Waals surface area contributed by atoms with Crippen molar-refractivity contribution in [2.24, 2.45) is 0 Å². The zero-order valence-corrected chi connectivity index (χ0v) is 13.2. The van der Waals surface area contributed by atoms with Crippen LogP contribution in [0.15, 0.2) is 16.7 Å². The van der Waals surface area contributed by atoms with Crippen molar-refractivity contribution in [2.75, 3.05) is 6.54 Å². The maximum absolute atomic E-state index is 12.1. The van der Waals surface area contributed by atoms with Crippen LogP contribution in [0.5, 0.6) is 0 Å². The number of halogens is 1. The molecule has 1 aromatic heterocycles. The number of nitrogens with zero attached hydrogens (tertiary/aromatic N) is 2. The van der Waals surface area contributed by atoms with Gasteiger partial charge in [-0.2, -0.15) is 0 Å². The maximum atomic E-state index is 12.1. The van der Waals surface area contributed by atoms with Gasteiger partial charge in [0.05, 0.1) is 6.54 Å². The van der Waals surface area contributed by atoms with Crippen LogP contribution in [-0.2, 0) is 17.7 Å². The molecule has 0 radical (unpaired) electrons. The molecule has 0 spiro atoms. The van der Waals surface area contributed by atoms with Crippen molar-refractivity contribution in [2.45, 2.75) is 45.8 Å². The Labute approximate surface area is 122 Å². The highest BCUT2D eigenvalue weighted by atomic mass is 79.9. The van der Waals surface area contributed by atoms with Crippen molar-refractivity contribution >= 4 is 22.0 Å². The number of ether oxygens (including phenoxy) is 1. The topological polar surface area (TPSA) is 42.4 Å². The Morgan fingerprint density at radius 1 is 1.58 bits per heavy atom. The summed E-state index contributed by atoms with van der Waals surface area (Å²) in [6.45, 7) is 7.11. The molecule has 0 N–H and O–H groups in total. The summed E-state index contributed by atoms with van der Waals surface area (Å²) in [5.74, 6) is 0. The first kappa shape index (κ1) is 14.3. The van der Waals surface area contributed by atoms with E-state index in [-0.39, 0.29) is 6.09 Å². The lowest BCUT2D eigenvalue weighted by Gasteiger charge is -2.31. The average molecular weight is 327 g/mol. The SMILES string of the molecule is CCC(C)(C)OC(=O)N1CCc2ncc(Br)cc2C1. The standard InChI is InChI=1S/C14H19BrN2O2/c1-4-14(2,3)19-13(18)17-6-5-12-10(9-17)7-11(15)8-16-12/h7-8H,4-6,9H2,1-3H3. The number of hydrogen-bond acceptors (Lipinski definition) is 3. The van der Waals surface area contributed by atoms with Crippen molar-refractivity contribution in [3.63, 3.8) is 0 Å². The van der Waals surface area contributed by atoms with Crippen LogP contribution in [-0.4, -0.2) is 28.1 Å². The van der Waals surface area contributed by atoms with Crippen molar-refractivity contribution in [3.05, 3.63) is 28.0 Å². The summed E-state index contributed by atoms with van der Waals surface area (Å²) in [6, 6.07) is 2.02. The van der Waals surface area contributed by atoms with Gasteiger partial charge in [-0.1, -0.05) is 6.92 Å². The van der Waals surface area contributed by atoms with Crippen LogP contribution in [0.1, 0.15) is 38.4 Å². The first-order valence-electron chi connectivity index (χ1n) is 6.52. The summed E-state index contributed by atoms with van der Waals surface area (Å²) in [5, 5.41) is 0. The minimum absolute atomic E-state index is 0.238. The van der Waals surface area contributed by atoms with Crippen molar-refractivity contribution < 1.29 is 9.53 Å². The van der Waals surface area contributed by atoms with E-state index in [9.17, 15) is 4.79 Å². The minimum atomic E-state index is -0.410. The van der Waals surface area contributed by atoms with Gasteiger partial charge in [-0.05, 0) is 47.8 Å². The maximum Gasteiger partial charge on any atom is 0.410 e. The summed E-state index contributed by atoms with van der Waals surface area (Å²) in [5.41, 5.74) is 1.75. The van der Waals surface area contributed by atoms with E-state index in [2.05, 4.69) is 20.9 Å². The summed E-state index contributed by atoms with van der Waals surface area (Å²) >= 11 is 3.41. The van der Waals surface area contributed by atoms with Crippen LogP contribution in [0, 0.1) is 0 Å². The molecule has 0 unspecified atom stereocenters. The number of hydrogen-bond donors (Lipinski definition) is 0. The molecule has 4 nitrogen and oxygen atoms in total. The van der Waals surface area contributed by atoms with Crippen LogP contribution >= 0.6 is 15.9 Å². The molecule has 0 fully saturated rings. The quantitative estimate of drug-likeness (QED) is 0.834. The lowest BCUT2D eigenvalue weighted by atomic mass is 10.1. The Morgan fingerprint density at radius 3 is 3.00 bits per heavy atom. The second-order valence-electron chi connectivity index (χ2n) is 5.41. The molecule has 0 aliphatic carbocycles. The number of amides is 1. The van der Waals surface area contributed by atoms with Crippen molar-refractivity contribution in [1.82, 2.24) is 9.88 Å². The number of carbonyl (C=O) groups excluding carboxylic acids is 1. The van der Waals surface area contributed by atoms with E-state index in [1.54, 1.807) is 11.1 Å². The third kappa shape index (κ3) is 3.47. The van der Waals surface area contributed by atoms with Crippen molar-refractivity contribution in [1.29, 1.82) is 0 Å². The molecule has 1 aliphatic heterocycles. The van der Waals surface area contributed by atoms with Crippen LogP contribution < -0.4 is 0 Å². The molecule has 5 heteroatoms. The zero-order chi connectivity index (χ0) is 14.0. The van der Waals surface area contributed by atoms with Gasteiger partial charge in [0.1, 0.15) is 5.60 Å². The minimum Gasteiger partial charge on any atom is -0.443 e. The molecular formula is C14H19BrN2O2. The van der Waals surface area contributed by atoms with E-state index in [0.717, 1.165) is 28.6 Å². The Kier molecular flexibility index (Phi) is 4.13. The van der Waals surface area contributed by atoms with E-state index in [0.29, 0.717) is 13.1 Å². The highest BCUT2D eigenvalue weighted by molar-refractivity contribution is 9.10. The Hall–Kier alpha value is -1.10. The monoisotopic (exact) mass is 326 g/mol. The van der Waals surface area contributed by atoms with Crippen LogP contribution in [0.25, 0.3) is 0 Å². The first-order valence-corrected chi connectivity index (χ1v) is 7.32. The average Bonchev–Trinajstić information content (AvgIpc) is 2.37. The molecule has 19 heavy (non-hydrogen) atoms. The van der Waals surface area contributed by atoms with Gasteiger partial charge in [-0.15, -0.1) is 0 Å². The lowest BCUT2D eigenvalue weighted by Crippen LogP contribution is -2.40. The van der Waals surface area contributed by atoms with Gasteiger partial charge in [0.25, 0.3) is 0 Å². The summed E-state index contributed by atoms with van der Waals surface area (Å²) in [4.78, 5) is 18.3. The highest BCUT2D eigenvalue weighted by Crippen LogP contribution is 2.23. The smallest absolute Gasteiger partial charge is 0.410 e. The van der Waals surface area contributed by atoms with E-state index >= 15 is 0 Å². The molecule has 0 aromatic carbocycles. The van der Waals surface area contributed by atoms with E-state index < -0.39 is 5.60 Å². The van der Waals surface area contributed by atoms with Gasteiger partial charge in [0, 0.05) is 29.3 Å². The molecule has 1 aliphatic rings. The zero-order valence-electron chi connectivity index (χ0n) is 11.6. The molecule has 1 aromatic rings. The summed E-state index contributed by atoms with van der Waals surface area (Å²) < 4.78 is 6.47. The second-order valence-corrected chi connectivity index (χ2v) is 6.33. The Morgan fingerprint density at radius 2 is 2.32 bits per heavy atom. The lowest BCUT2D eigenvalue weighted by molar-refractivity contribution is 0.00896. The Bertz CT molecular complexity index is 488.